The lowest BCUT2D eigenvalue weighted by atomic mass is 9.94. The van der Waals surface area contributed by atoms with Crippen molar-refractivity contribution in [2.24, 2.45) is 0 Å². The third-order valence-electron chi connectivity index (χ3n) is 7.17. The molecule has 2 aliphatic heterocycles. The zero-order valence-electron chi connectivity index (χ0n) is 19.5. The van der Waals surface area contributed by atoms with Gasteiger partial charge in [0.2, 0.25) is 12.7 Å². The molecule has 1 N–H and O–H groups in total. The maximum Gasteiger partial charge on any atom is 0.235 e. The Labute approximate surface area is 208 Å². The summed E-state index contributed by atoms with van der Waals surface area (Å²) >= 11 is -1.11. The Kier molecular flexibility index (Phi) is 5.92. The summed E-state index contributed by atoms with van der Waals surface area (Å²) in [6.07, 6.45) is 5.06. The maximum absolute atomic E-state index is 13.3. The fourth-order valence-electron chi connectivity index (χ4n) is 4.94. The predicted molar refractivity (Wildman–Crippen MR) is 136 cm³/mol. The van der Waals surface area contributed by atoms with Crippen LogP contribution in [0.15, 0.2) is 71.6 Å². The maximum atomic E-state index is 13.3. The van der Waals surface area contributed by atoms with Crippen molar-refractivity contribution >= 4 is 23.0 Å². The van der Waals surface area contributed by atoms with Gasteiger partial charge >= 0.3 is 0 Å². The van der Waals surface area contributed by atoms with E-state index < -0.39 is 16.8 Å². The van der Waals surface area contributed by atoms with Crippen molar-refractivity contribution in [1.29, 1.82) is 0 Å². The summed E-state index contributed by atoms with van der Waals surface area (Å²) in [5, 5.41) is 3.13. The molecule has 180 valence electrons. The molecule has 0 radical (unpaired) electrons. The van der Waals surface area contributed by atoms with Crippen LogP contribution in [-0.2, 0) is 21.6 Å². The monoisotopic (exact) mass is 488 g/mol. The summed E-state index contributed by atoms with van der Waals surface area (Å²) < 4.78 is 25.8. The van der Waals surface area contributed by atoms with Gasteiger partial charge in [0.15, 0.2) is 16.4 Å². The van der Waals surface area contributed by atoms with Gasteiger partial charge in [-0.3, -0.25) is 4.79 Å². The fourth-order valence-corrected chi connectivity index (χ4v) is 6.19. The number of fused-ring (bicyclic) bond motifs is 1. The molecule has 3 aliphatic rings. The molecule has 3 aromatic carbocycles. The third kappa shape index (κ3) is 4.40. The highest BCUT2D eigenvalue weighted by atomic mass is 32.2. The van der Waals surface area contributed by atoms with Crippen LogP contribution in [0.25, 0.3) is 11.1 Å². The van der Waals surface area contributed by atoms with E-state index in [0.29, 0.717) is 5.75 Å². The summed E-state index contributed by atoms with van der Waals surface area (Å²) in [5.41, 5.74) is 3.24. The van der Waals surface area contributed by atoms with E-state index in [0.717, 1.165) is 71.8 Å². The van der Waals surface area contributed by atoms with E-state index >= 15 is 0 Å². The predicted octanol–water partition coefficient (Wildman–Crippen LogP) is 5.26. The minimum Gasteiger partial charge on any atom is -0.593 e. The van der Waals surface area contributed by atoms with E-state index in [1.54, 1.807) is 0 Å². The number of benzene rings is 3. The lowest BCUT2D eigenvalue weighted by Gasteiger charge is -2.27. The van der Waals surface area contributed by atoms with E-state index in [4.69, 9.17) is 9.47 Å². The van der Waals surface area contributed by atoms with Crippen LogP contribution in [-0.4, -0.2) is 34.6 Å². The fraction of sp³-hybridized carbons (Fsp3) is 0.321. The first-order valence-electron chi connectivity index (χ1n) is 12.2. The zero-order valence-corrected chi connectivity index (χ0v) is 20.3. The summed E-state index contributed by atoms with van der Waals surface area (Å²) in [7, 11) is 0. The van der Waals surface area contributed by atoms with Gasteiger partial charge in [-0.15, -0.1) is 4.31 Å². The molecule has 1 saturated heterocycles. The number of nitrogens with one attached hydrogen (secondary N) is 1. The number of hydrogen-bond acceptors (Lipinski definition) is 5. The third-order valence-corrected chi connectivity index (χ3v) is 8.68. The van der Waals surface area contributed by atoms with E-state index in [2.05, 4.69) is 9.62 Å². The highest BCUT2D eigenvalue weighted by molar-refractivity contribution is 7.89. The standard InChI is InChI=1S/C28H28N2O4S/c31-27(28(13-14-28)22-9-12-25-26(18-22)34-19-33-25)29-23-6-4-5-21(17-23)20-7-10-24(11-8-20)35(32)30-15-2-1-3-16-30/h4-12,17-18H,1-3,13-16,19H2,(H,29,31). The van der Waals surface area contributed by atoms with Gasteiger partial charge in [0.1, 0.15) is 0 Å². The van der Waals surface area contributed by atoms with Crippen molar-refractivity contribution in [2.45, 2.75) is 42.4 Å². The van der Waals surface area contributed by atoms with Crippen molar-refractivity contribution in [2.75, 3.05) is 25.2 Å². The molecule has 1 unspecified atom stereocenters. The number of amides is 1. The van der Waals surface area contributed by atoms with Gasteiger partial charge in [-0.05, 0) is 90.9 Å². The molecule has 1 amide bonds. The Balaban J connectivity index is 1.16. The molecule has 7 heteroatoms. The van der Waals surface area contributed by atoms with Gasteiger partial charge < -0.3 is 19.3 Å². The number of piperidine rings is 1. The van der Waals surface area contributed by atoms with Gasteiger partial charge in [0.05, 0.1) is 16.8 Å². The Morgan fingerprint density at radius 1 is 0.886 bits per heavy atom. The van der Waals surface area contributed by atoms with Crippen LogP contribution >= 0.6 is 0 Å². The zero-order chi connectivity index (χ0) is 23.8. The topological polar surface area (TPSA) is 73.9 Å². The van der Waals surface area contributed by atoms with E-state index in [-0.39, 0.29) is 12.7 Å². The molecule has 0 aromatic heterocycles. The Bertz CT molecular complexity index is 1240. The van der Waals surface area contributed by atoms with Crippen LogP contribution in [0.5, 0.6) is 11.5 Å². The number of nitrogens with zero attached hydrogens (tertiary/aromatic N) is 1. The van der Waals surface area contributed by atoms with E-state index in [1.807, 2.05) is 66.7 Å². The largest absolute Gasteiger partial charge is 0.593 e. The molecule has 2 fully saturated rings. The number of hydrogen-bond donors (Lipinski definition) is 1. The first kappa shape index (κ1) is 22.5. The molecule has 6 rings (SSSR count). The number of anilines is 1. The smallest absolute Gasteiger partial charge is 0.235 e. The average Bonchev–Trinajstić information content (AvgIpc) is 3.60. The molecule has 1 atom stereocenters. The Morgan fingerprint density at radius 3 is 2.43 bits per heavy atom. The molecule has 0 bridgehead atoms. The number of carbonyl (C=O) groups excluding carboxylic acids is 1. The second kappa shape index (κ2) is 9.22. The lowest BCUT2D eigenvalue weighted by molar-refractivity contribution is -0.118. The van der Waals surface area contributed by atoms with Gasteiger partial charge in [-0.2, -0.15) is 0 Å². The molecule has 3 aromatic rings. The number of ether oxygens (including phenoxy) is 2. The van der Waals surface area contributed by atoms with Crippen molar-refractivity contribution in [3.05, 3.63) is 72.3 Å². The normalized spacial score (nSPS) is 19.2. The summed E-state index contributed by atoms with van der Waals surface area (Å²) in [6, 6.07) is 21.6. The summed E-state index contributed by atoms with van der Waals surface area (Å²) in [6.45, 7) is 2.01. The quantitative estimate of drug-likeness (QED) is 0.479. The highest BCUT2D eigenvalue weighted by Gasteiger charge is 2.51. The molecule has 1 aliphatic carbocycles. The summed E-state index contributed by atoms with van der Waals surface area (Å²) in [5.74, 6) is 1.43. The van der Waals surface area contributed by atoms with Crippen molar-refractivity contribution in [3.8, 4) is 22.6 Å². The van der Waals surface area contributed by atoms with E-state index in [9.17, 15) is 9.35 Å². The SMILES string of the molecule is O=C(Nc1cccc(-c2ccc([S+]([O-])N3CCCCC3)cc2)c1)C1(c2ccc3c(c2)OCO3)CC1. The molecule has 2 heterocycles. The Morgan fingerprint density at radius 2 is 1.66 bits per heavy atom. The first-order chi connectivity index (χ1) is 17.1. The van der Waals surface area contributed by atoms with Crippen LogP contribution in [0.3, 0.4) is 0 Å². The van der Waals surface area contributed by atoms with Crippen LogP contribution in [0, 0.1) is 0 Å². The van der Waals surface area contributed by atoms with Crippen molar-refractivity contribution in [1.82, 2.24) is 4.31 Å². The van der Waals surface area contributed by atoms with Gasteiger partial charge in [0.25, 0.3) is 0 Å². The minimum atomic E-state index is -1.11. The van der Waals surface area contributed by atoms with Gasteiger partial charge in [-0.25, -0.2) is 0 Å². The molecule has 1 saturated carbocycles. The van der Waals surface area contributed by atoms with Gasteiger partial charge in [-0.1, -0.05) is 24.6 Å². The molecular weight excluding hydrogens is 460 g/mol. The Hall–Kier alpha value is -3.00. The van der Waals surface area contributed by atoms with Crippen molar-refractivity contribution < 1.29 is 18.8 Å². The highest BCUT2D eigenvalue weighted by Crippen LogP contribution is 2.51. The summed E-state index contributed by atoms with van der Waals surface area (Å²) in [4.78, 5) is 14.1. The average molecular weight is 489 g/mol. The second-order valence-electron chi connectivity index (χ2n) is 9.45. The molecule has 6 nitrogen and oxygen atoms in total. The minimum absolute atomic E-state index is 0.000733. The number of carbonyl (C=O) groups is 1. The van der Waals surface area contributed by atoms with Crippen LogP contribution in [0.2, 0.25) is 0 Å². The second-order valence-corrected chi connectivity index (χ2v) is 10.9. The molecule has 35 heavy (non-hydrogen) atoms. The first-order valence-corrected chi connectivity index (χ1v) is 13.3. The van der Waals surface area contributed by atoms with Gasteiger partial charge in [0, 0.05) is 18.8 Å². The lowest BCUT2D eigenvalue weighted by Crippen LogP contribution is -2.35. The van der Waals surface area contributed by atoms with E-state index in [1.165, 1.54) is 6.42 Å². The van der Waals surface area contributed by atoms with Crippen LogP contribution in [0.4, 0.5) is 5.69 Å². The van der Waals surface area contributed by atoms with Crippen LogP contribution < -0.4 is 14.8 Å². The molecular formula is C28H28N2O4S. The number of rotatable bonds is 6. The van der Waals surface area contributed by atoms with Crippen molar-refractivity contribution in [3.63, 3.8) is 0 Å². The van der Waals surface area contributed by atoms with Crippen LogP contribution in [0.1, 0.15) is 37.7 Å². The molecule has 0 spiro atoms.